The molecule has 0 radical (unpaired) electrons. The summed E-state index contributed by atoms with van der Waals surface area (Å²) in [6, 6.07) is 15.5. The second-order valence-corrected chi connectivity index (χ2v) is 8.41. The molecular weight excluding hydrogens is 494 g/mol. The number of halogens is 6. The first-order chi connectivity index (χ1) is 17.5. The first-order valence-electron chi connectivity index (χ1n) is 11.5. The molecule has 0 saturated heterocycles. The van der Waals surface area contributed by atoms with Crippen LogP contribution in [0.2, 0.25) is 0 Å². The van der Waals surface area contributed by atoms with Crippen LogP contribution in [0.5, 0.6) is 0 Å². The summed E-state index contributed by atoms with van der Waals surface area (Å²) in [6.45, 7) is 6.18. The van der Waals surface area contributed by atoms with Gasteiger partial charge in [-0.15, -0.1) is 0 Å². The zero-order valence-electron chi connectivity index (χ0n) is 19.8. The van der Waals surface area contributed by atoms with Crippen molar-refractivity contribution in [3.05, 3.63) is 101 Å². The average molecular weight is 519 g/mol. The third kappa shape index (κ3) is 5.58. The molecule has 4 nitrogen and oxygen atoms in total. The maximum atomic E-state index is 13.9. The Hall–Kier alpha value is -3.95. The van der Waals surface area contributed by atoms with Crippen LogP contribution < -0.4 is 16.0 Å². The van der Waals surface area contributed by atoms with Crippen LogP contribution in [0.25, 0.3) is 5.70 Å². The minimum Gasteiger partial charge on any atom is -0.384 e. The molecule has 10 heteroatoms. The van der Waals surface area contributed by atoms with E-state index in [0.717, 1.165) is 12.1 Å². The van der Waals surface area contributed by atoms with Gasteiger partial charge in [-0.3, -0.25) is 0 Å². The van der Waals surface area contributed by atoms with Crippen molar-refractivity contribution < 1.29 is 26.3 Å². The lowest BCUT2D eigenvalue weighted by Gasteiger charge is -2.29. The lowest BCUT2D eigenvalue weighted by atomic mass is 10.00. The van der Waals surface area contributed by atoms with E-state index in [1.165, 1.54) is 30.3 Å². The number of alkyl halides is 6. The van der Waals surface area contributed by atoms with Crippen molar-refractivity contribution in [2.45, 2.75) is 31.9 Å². The number of nitrogens with zero attached hydrogens (tertiary/aromatic N) is 1. The molecule has 1 aliphatic heterocycles. The molecule has 0 spiro atoms. The Kier molecular flexibility index (Phi) is 7.20. The molecule has 0 aliphatic carbocycles. The molecule has 0 saturated carbocycles. The summed E-state index contributed by atoms with van der Waals surface area (Å²) < 4.78 is 82.9. The third-order valence-corrected chi connectivity index (χ3v) is 5.80. The van der Waals surface area contributed by atoms with E-state index in [0.29, 0.717) is 24.2 Å². The molecule has 1 unspecified atom stereocenters. The molecule has 0 aromatic heterocycles. The van der Waals surface area contributed by atoms with Crippen LogP contribution in [0.4, 0.5) is 37.7 Å². The fourth-order valence-corrected chi connectivity index (χ4v) is 4.16. The quantitative estimate of drug-likeness (QED) is 0.294. The molecule has 0 bridgehead atoms. The predicted molar refractivity (Wildman–Crippen MR) is 133 cm³/mol. The van der Waals surface area contributed by atoms with Crippen molar-refractivity contribution in [3.63, 3.8) is 0 Å². The second kappa shape index (κ2) is 10.2. The fourth-order valence-electron chi connectivity index (χ4n) is 4.16. The maximum absolute atomic E-state index is 13.9. The van der Waals surface area contributed by atoms with Crippen molar-refractivity contribution in [1.29, 1.82) is 0 Å². The van der Waals surface area contributed by atoms with Gasteiger partial charge in [0.2, 0.25) is 0 Å². The van der Waals surface area contributed by atoms with E-state index in [4.69, 9.17) is 0 Å². The second-order valence-electron chi connectivity index (χ2n) is 8.41. The largest absolute Gasteiger partial charge is 0.417 e. The standard InChI is InChI=1S/C27H24F6N4/c1-3-15-34-22-14-8-12-20(27(31,32)33)23(22)16(2)35-25-18-10-5-7-13-21(18)36-24(37-25)17-9-4-6-11-19(17)26(28,29)30/h4-14,24,34,36H,2-3,15H2,1H3,(H,35,37). The molecule has 0 amide bonds. The highest BCUT2D eigenvalue weighted by atomic mass is 19.4. The van der Waals surface area contributed by atoms with Gasteiger partial charge in [0, 0.05) is 40.3 Å². The Morgan fingerprint density at radius 2 is 1.54 bits per heavy atom. The molecule has 3 aromatic carbocycles. The Bertz CT molecular complexity index is 1330. The van der Waals surface area contributed by atoms with Crippen LogP contribution in [0, 0.1) is 0 Å². The van der Waals surface area contributed by atoms with E-state index in [1.807, 2.05) is 6.92 Å². The Morgan fingerprint density at radius 3 is 2.24 bits per heavy atom. The van der Waals surface area contributed by atoms with Gasteiger partial charge in [0.05, 0.1) is 11.1 Å². The SMILES string of the molecule is C=C(NC1=NC(c2ccccc2C(F)(F)F)Nc2ccccc21)c1c(NCCC)cccc1C(F)(F)F. The molecule has 1 atom stereocenters. The van der Waals surface area contributed by atoms with Gasteiger partial charge in [-0.25, -0.2) is 4.99 Å². The van der Waals surface area contributed by atoms with E-state index in [9.17, 15) is 26.3 Å². The van der Waals surface area contributed by atoms with Crippen LogP contribution >= 0.6 is 0 Å². The monoisotopic (exact) mass is 518 g/mol. The number of benzene rings is 3. The molecule has 37 heavy (non-hydrogen) atoms. The van der Waals surface area contributed by atoms with Crippen LogP contribution in [0.15, 0.2) is 78.3 Å². The van der Waals surface area contributed by atoms with E-state index < -0.39 is 29.6 Å². The third-order valence-electron chi connectivity index (χ3n) is 5.80. The normalized spacial score (nSPS) is 15.3. The number of amidine groups is 1. The van der Waals surface area contributed by atoms with Gasteiger partial charge in [-0.2, -0.15) is 26.3 Å². The van der Waals surface area contributed by atoms with E-state index >= 15 is 0 Å². The smallest absolute Gasteiger partial charge is 0.384 e. The lowest BCUT2D eigenvalue weighted by molar-refractivity contribution is -0.138. The summed E-state index contributed by atoms with van der Waals surface area (Å²) in [6.07, 6.45) is -9.74. The van der Waals surface area contributed by atoms with Gasteiger partial charge in [-0.1, -0.05) is 49.9 Å². The number of hydrogen-bond acceptors (Lipinski definition) is 4. The summed E-state index contributed by atoms with van der Waals surface area (Å²) in [4.78, 5) is 4.45. The number of nitrogens with one attached hydrogen (secondary N) is 3. The molecule has 3 N–H and O–H groups in total. The number of para-hydroxylation sites is 1. The Balaban J connectivity index is 1.79. The van der Waals surface area contributed by atoms with Crippen molar-refractivity contribution in [2.24, 2.45) is 4.99 Å². The molecular formula is C27H24F6N4. The number of anilines is 2. The van der Waals surface area contributed by atoms with Crippen molar-refractivity contribution in [3.8, 4) is 0 Å². The summed E-state index contributed by atoms with van der Waals surface area (Å²) in [5.74, 6) is 0.0970. The van der Waals surface area contributed by atoms with Crippen LogP contribution in [0.3, 0.4) is 0 Å². The van der Waals surface area contributed by atoms with Crippen molar-refractivity contribution >= 4 is 22.9 Å². The molecule has 1 aliphatic rings. The van der Waals surface area contributed by atoms with Crippen LogP contribution in [-0.2, 0) is 12.4 Å². The number of aliphatic imine (C=N–C) groups is 1. The minimum absolute atomic E-state index is 0.0927. The highest BCUT2D eigenvalue weighted by Gasteiger charge is 2.37. The number of rotatable bonds is 6. The molecule has 3 aromatic rings. The highest BCUT2D eigenvalue weighted by Crippen LogP contribution is 2.40. The Morgan fingerprint density at radius 1 is 0.892 bits per heavy atom. The lowest BCUT2D eigenvalue weighted by Crippen LogP contribution is -2.31. The summed E-state index contributed by atoms with van der Waals surface area (Å²) in [5, 5.41) is 8.86. The number of fused-ring (bicyclic) bond motifs is 1. The zero-order valence-corrected chi connectivity index (χ0v) is 19.8. The van der Waals surface area contributed by atoms with E-state index in [-0.39, 0.29) is 28.3 Å². The zero-order chi connectivity index (χ0) is 26.8. The van der Waals surface area contributed by atoms with Crippen molar-refractivity contribution in [2.75, 3.05) is 17.2 Å². The first kappa shape index (κ1) is 26.1. The van der Waals surface area contributed by atoms with Gasteiger partial charge in [0.1, 0.15) is 12.0 Å². The van der Waals surface area contributed by atoms with Gasteiger partial charge < -0.3 is 16.0 Å². The van der Waals surface area contributed by atoms with Crippen molar-refractivity contribution in [1.82, 2.24) is 5.32 Å². The fraction of sp³-hybridized carbons (Fsp3) is 0.222. The summed E-state index contributed by atoms with van der Waals surface area (Å²) >= 11 is 0. The average Bonchev–Trinajstić information content (AvgIpc) is 2.86. The topological polar surface area (TPSA) is 48.5 Å². The van der Waals surface area contributed by atoms with Gasteiger partial charge >= 0.3 is 12.4 Å². The van der Waals surface area contributed by atoms with Crippen LogP contribution in [-0.4, -0.2) is 12.4 Å². The Labute approximate surface area is 210 Å². The first-order valence-corrected chi connectivity index (χ1v) is 11.5. The predicted octanol–water partition coefficient (Wildman–Crippen LogP) is 7.68. The number of hydrogen-bond donors (Lipinski definition) is 3. The summed E-state index contributed by atoms with van der Waals surface area (Å²) in [5.41, 5.74) is -0.957. The molecule has 0 fully saturated rings. The van der Waals surface area contributed by atoms with Crippen LogP contribution in [0.1, 0.15) is 47.3 Å². The van der Waals surface area contributed by atoms with Gasteiger partial charge in [0.25, 0.3) is 0 Å². The highest BCUT2D eigenvalue weighted by molar-refractivity contribution is 6.09. The molecule has 194 valence electrons. The van der Waals surface area contributed by atoms with Gasteiger partial charge in [0.15, 0.2) is 0 Å². The molecule has 1 heterocycles. The maximum Gasteiger partial charge on any atom is 0.417 e. The molecule has 4 rings (SSSR count). The van der Waals surface area contributed by atoms with E-state index in [1.54, 1.807) is 24.3 Å². The minimum atomic E-state index is -4.66. The van der Waals surface area contributed by atoms with E-state index in [2.05, 4.69) is 27.5 Å². The van der Waals surface area contributed by atoms with Gasteiger partial charge in [-0.05, 0) is 36.8 Å². The summed E-state index contributed by atoms with van der Waals surface area (Å²) in [7, 11) is 0.